The normalized spacial score (nSPS) is 15.8. The Balaban J connectivity index is 2.29. The van der Waals surface area contributed by atoms with Gasteiger partial charge < -0.3 is 9.47 Å². The molecule has 0 bridgehead atoms. The molecule has 0 unspecified atom stereocenters. The lowest BCUT2D eigenvalue weighted by Crippen LogP contribution is -2.38. The van der Waals surface area contributed by atoms with Crippen LogP contribution in [0.15, 0.2) is 18.2 Å². The summed E-state index contributed by atoms with van der Waals surface area (Å²) in [6, 6.07) is 3.61. The van der Waals surface area contributed by atoms with E-state index in [0.717, 1.165) is 6.07 Å². The number of ether oxygens (including phenoxy) is 2. The van der Waals surface area contributed by atoms with Gasteiger partial charge in [0.1, 0.15) is 6.10 Å². The van der Waals surface area contributed by atoms with Crippen LogP contribution in [0.2, 0.25) is 0 Å². The van der Waals surface area contributed by atoms with Crippen LogP contribution in [-0.4, -0.2) is 24.2 Å². The molecular weight excluding hydrogens is 205 g/mol. The second kappa shape index (κ2) is 3.82. The van der Waals surface area contributed by atoms with Crippen LogP contribution >= 0.6 is 0 Å². The number of hydrogen-bond acceptors (Lipinski definition) is 4. The van der Waals surface area contributed by atoms with Crippen LogP contribution < -0.4 is 4.74 Å². The second-order valence-corrected chi connectivity index (χ2v) is 3.12. The number of halogens is 1. The number of benzene rings is 1. The summed E-state index contributed by atoms with van der Waals surface area (Å²) in [5, 5.41) is 10.6. The Kier molecular flexibility index (Phi) is 2.51. The van der Waals surface area contributed by atoms with E-state index in [1.54, 1.807) is 0 Å². The van der Waals surface area contributed by atoms with Crippen molar-refractivity contribution in [3.8, 4) is 5.75 Å². The number of rotatable bonds is 3. The highest BCUT2D eigenvalue weighted by atomic mass is 19.1. The molecule has 0 N–H and O–H groups in total. The fraction of sp³-hybridized carbons (Fsp3) is 0.333. The molecule has 1 fully saturated rings. The monoisotopic (exact) mass is 213 g/mol. The molecule has 0 spiro atoms. The molecular formula is C9H8FNO4. The quantitative estimate of drug-likeness (QED) is 0.564. The van der Waals surface area contributed by atoms with Gasteiger partial charge in [-0.3, -0.25) is 10.1 Å². The minimum Gasteiger partial charge on any atom is -0.477 e. The molecule has 0 amide bonds. The van der Waals surface area contributed by atoms with Gasteiger partial charge >= 0.3 is 5.69 Å². The molecule has 0 aromatic heterocycles. The topological polar surface area (TPSA) is 61.6 Å². The second-order valence-electron chi connectivity index (χ2n) is 3.12. The first kappa shape index (κ1) is 9.85. The lowest BCUT2D eigenvalue weighted by atomic mass is 10.2. The minimum absolute atomic E-state index is 0.291. The molecule has 2 rings (SSSR count). The van der Waals surface area contributed by atoms with E-state index < -0.39 is 10.7 Å². The zero-order valence-corrected chi connectivity index (χ0v) is 7.68. The van der Waals surface area contributed by atoms with Crippen LogP contribution in [0.5, 0.6) is 5.75 Å². The third-order valence-electron chi connectivity index (χ3n) is 2.03. The first-order chi connectivity index (χ1) is 7.18. The Morgan fingerprint density at radius 2 is 2.27 bits per heavy atom. The highest BCUT2D eigenvalue weighted by molar-refractivity contribution is 5.47. The SMILES string of the molecule is O=[N+]([O-])c1cccc(F)c1OC1COC1. The molecule has 5 nitrogen and oxygen atoms in total. The smallest absolute Gasteiger partial charge is 0.314 e. The molecule has 15 heavy (non-hydrogen) atoms. The Labute approximate surface area is 84.6 Å². The molecule has 0 aliphatic carbocycles. The molecule has 0 radical (unpaired) electrons. The Morgan fingerprint density at radius 1 is 1.53 bits per heavy atom. The number of nitrogens with zero attached hydrogens (tertiary/aromatic N) is 1. The van der Waals surface area contributed by atoms with E-state index in [2.05, 4.69) is 0 Å². The highest BCUT2D eigenvalue weighted by Gasteiger charge is 2.26. The molecule has 0 saturated carbocycles. The summed E-state index contributed by atoms with van der Waals surface area (Å²) in [5.74, 6) is -1.04. The first-order valence-electron chi connectivity index (χ1n) is 4.36. The van der Waals surface area contributed by atoms with E-state index >= 15 is 0 Å². The van der Waals surface area contributed by atoms with Crippen molar-refractivity contribution in [1.29, 1.82) is 0 Å². The van der Waals surface area contributed by atoms with Gasteiger partial charge in [-0.25, -0.2) is 4.39 Å². The molecule has 80 valence electrons. The lowest BCUT2D eigenvalue weighted by Gasteiger charge is -2.26. The van der Waals surface area contributed by atoms with Crippen molar-refractivity contribution in [3.05, 3.63) is 34.1 Å². The number of hydrogen-bond donors (Lipinski definition) is 0. The van der Waals surface area contributed by atoms with Crippen molar-refractivity contribution in [2.45, 2.75) is 6.10 Å². The Hall–Kier alpha value is -1.69. The number of nitro benzene ring substituents is 1. The van der Waals surface area contributed by atoms with Crippen molar-refractivity contribution in [2.75, 3.05) is 13.2 Å². The van der Waals surface area contributed by atoms with E-state index in [9.17, 15) is 14.5 Å². The van der Waals surface area contributed by atoms with E-state index in [-0.39, 0.29) is 17.5 Å². The van der Waals surface area contributed by atoms with Gasteiger partial charge in [-0.05, 0) is 6.07 Å². The van der Waals surface area contributed by atoms with Gasteiger partial charge in [0.25, 0.3) is 0 Å². The molecule has 1 aliphatic heterocycles. The third-order valence-corrected chi connectivity index (χ3v) is 2.03. The van der Waals surface area contributed by atoms with Crippen molar-refractivity contribution >= 4 is 5.69 Å². The van der Waals surface area contributed by atoms with E-state index in [4.69, 9.17) is 9.47 Å². The molecule has 1 heterocycles. The highest BCUT2D eigenvalue weighted by Crippen LogP contribution is 2.31. The van der Waals surface area contributed by atoms with Gasteiger partial charge in [0.05, 0.1) is 18.1 Å². The van der Waals surface area contributed by atoms with E-state index in [1.165, 1.54) is 12.1 Å². The van der Waals surface area contributed by atoms with Crippen LogP contribution in [0.4, 0.5) is 10.1 Å². The van der Waals surface area contributed by atoms with Crippen molar-refractivity contribution < 1.29 is 18.8 Å². The molecule has 1 aromatic carbocycles. The summed E-state index contributed by atoms with van der Waals surface area (Å²) in [7, 11) is 0. The van der Waals surface area contributed by atoms with Crippen molar-refractivity contribution in [3.63, 3.8) is 0 Å². The van der Waals surface area contributed by atoms with Gasteiger partial charge in [-0.1, -0.05) is 6.07 Å². The molecule has 1 saturated heterocycles. The maximum atomic E-state index is 13.3. The average molecular weight is 213 g/mol. The van der Waals surface area contributed by atoms with E-state index in [1.807, 2.05) is 0 Å². The summed E-state index contributed by atoms with van der Waals surface area (Å²) >= 11 is 0. The van der Waals surface area contributed by atoms with Crippen LogP contribution in [0.25, 0.3) is 0 Å². The van der Waals surface area contributed by atoms with Crippen molar-refractivity contribution in [1.82, 2.24) is 0 Å². The third kappa shape index (κ3) is 1.89. The lowest BCUT2D eigenvalue weighted by molar-refractivity contribution is -0.386. The van der Waals surface area contributed by atoms with Gasteiger partial charge in [0.2, 0.25) is 5.75 Å². The fourth-order valence-corrected chi connectivity index (χ4v) is 1.21. The summed E-state index contributed by atoms with van der Waals surface area (Å²) in [6.45, 7) is 0.678. The van der Waals surface area contributed by atoms with Crippen molar-refractivity contribution in [2.24, 2.45) is 0 Å². The fourth-order valence-electron chi connectivity index (χ4n) is 1.21. The van der Waals surface area contributed by atoms with Crippen LogP contribution in [0.1, 0.15) is 0 Å². The zero-order chi connectivity index (χ0) is 10.8. The van der Waals surface area contributed by atoms with Gasteiger partial charge in [0.15, 0.2) is 5.82 Å². The summed E-state index contributed by atoms with van der Waals surface area (Å²) in [5.41, 5.74) is -0.359. The van der Waals surface area contributed by atoms with E-state index in [0.29, 0.717) is 13.2 Å². The maximum Gasteiger partial charge on any atom is 0.314 e. The first-order valence-corrected chi connectivity index (χ1v) is 4.36. The molecule has 6 heteroatoms. The maximum absolute atomic E-state index is 13.3. The Morgan fingerprint density at radius 3 is 2.80 bits per heavy atom. The zero-order valence-electron chi connectivity index (χ0n) is 7.68. The van der Waals surface area contributed by atoms with Gasteiger partial charge in [-0.15, -0.1) is 0 Å². The van der Waals surface area contributed by atoms with Gasteiger partial charge in [-0.2, -0.15) is 0 Å². The summed E-state index contributed by atoms with van der Waals surface area (Å²) < 4.78 is 23.2. The number of nitro groups is 1. The molecule has 1 aromatic rings. The predicted molar refractivity (Wildman–Crippen MR) is 48.3 cm³/mol. The summed E-state index contributed by atoms with van der Waals surface area (Å²) in [6.07, 6.45) is -0.291. The average Bonchev–Trinajstić information content (AvgIpc) is 2.12. The number of para-hydroxylation sites is 1. The molecule has 1 aliphatic rings. The standard InChI is InChI=1S/C9H8FNO4/c10-7-2-1-3-8(11(12)13)9(7)15-6-4-14-5-6/h1-3,6H,4-5H2. The molecule has 0 atom stereocenters. The van der Waals surface area contributed by atoms with Crippen LogP contribution in [-0.2, 0) is 4.74 Å². The predicted octanol–water partition coefficient (Wildman–Crippen LogP) is 1.51. The minimum atomic E-state index is -0.726. The van der Waals surface area contributed by atoms with Crippen LogP contribution in [0, 0.1) is 15.9 Å². The van der Waals surface area contributed by atoms with Gasteiger partial charge in [0, 0.05) is 6.07 Å². The van der Waals surface area contributed by atoms with Crippen LogP contribution in [0.3, 0.4) is 0 Å². The Bertz CT molecular complexity index is 392. The largest absolute Gasteiger partial charge is 0.477 e. The summed E-state index contributed by atoms with van der Waals surface area (Å²) in [4.78, 5) is 9.92.